The van der Waals surface area contributed by atoms with E-state index in [2.05, 4.69) is 10.1 Å². The first-order valence-corrected chi connectivity index (χ1v) is 6.19. The van der Waals surface area contributed by atoms with E-state index in [1.165, 1.54) is 12.1 Å². The van der Waals surface area contributed by atoms with E-state index in [4.69, 9.17) is 10.3 Å². The molecule has 0 atom stereocenters. The van der Waals surface area contributed by atoms with Crippen LogP contribution in [0.1, 0.15) is 30.7 Å². The molecule has 0 saturated heterocycles. The van der Waals surface area contributed by atoms with Crippen LogP contribution in [-0.2, 0) is 11.7 Å². The molecule has 1 aromatic carbocycles. The van der Waals surface area contributed by atoms with E-state index < -0.39 is 17.3 Å². The smallest absolute Gasteiger partial charge is 0.334 e. The SMILES string of the molecule is NC1(c2noc(-c3ccc(C(F)(F)F)cc3)n2)CCC1. The molecule has 1 fully saturated rings. The quantitative estimate of drug-likeness (QED) is 0.919. The van der Waals surface area contributed by atoms with Gasteiger partial charge in [0.1, 0.15) is 0 Å². The second-order valence-corrected chi connectivity index (χ2v) is 5.01. The summed E-state index contributed by atoms with van der Waals surface area (Å²) >= 11 is 0. The van der Waals surface area contributed by atoms with Gasteiger partial charge in [0.05, 0.1) is 11.1 Å². The van der Waals surface area contributed by atoms with Gasteiger partial charge in [-0.25, -0.2) is 0 Å². The van der Waals surface area contributed by atoms with E-state index in [9.17, 15) is 13.2 Å². The third-order valence-corrected chi connectivity index (χ3v) is 3.58. The van der Waals surface area contributed by atoms with E-state index in [1.54, 1.807) is 0 Å². The van der Waals surface area contributed by atoms with E-state index in [-0.39, 0.29) is 5.89 Å². The fourth-order valence-electron chi connectivity index (χ4n) is 2.13. The Morgan fingerprint density at radius 2 is 1.80 bits per heavy atom. The normalized spacial score (nSPS) is 17.8. The maximum absolute atomic E-state index is 12.5. The zero-order valence-corrected chi connectivity index (χ0v) is 10.4. The van der Waals surface area contributed by atoms with Crippen molar-refractivity contribution in [3.8, 4) is 11.5 Å². The number of nitrogens with zero attached hydrogens (tertiary/aromatic N) is 2. The summed E-state index contributed by atoms with van der Waals surface area (Å²) in [5.74, 6) is 0.601. The summed E-state index contributed by atoms with van der Waals surface area (Å²) in [5, 5.41) is 3.82. The molecule has 0 spiro atoms. The number of rotatable bonds is 2. The molecule has 3 rings (SSSR count). The maximum atomic E-state index is 12.5. The van der Waals surface area contributed by atoms with Crippen LogP contribution >= 0.6 is 0 Å². The highest BCUT2D eigenvalue weighted by molar-refractivity contribution is 5.53. The van der Waals surface area contributed by atoms with Crippen molar-refractivity contribution in [1.29, 1.82) is 0 Å². The first-order valence-electron chi connectivity index (χ1n) is 6.19. The molecule has 0 aliphatic heterocycles. The highest BCUT2D eigenvalue weighted by Crippen LogP contribution is 2.38. The van der Waals surface area contributed by atoms with E-state index in [0.29, 0.717) is 11.4 Å². The van der Waals surface area contributed by atoms with Crippen molar-refractivity contribution in [3.63, 3.8) is 0 Å². The minimum atomic E-state index is -4.36. The van der Waals surface area contributed by atoms with Gasteiger partial charge in [0.15, 0.2) is 5.82 Å². The molecule has 20 heavy (non-hydrogen) atoms. The number of nitrogens with two attached hydrogens (primary N) is 1. The van der Waals surface area contributed by atoms with Gasteiger partial charge in [0.2, 0.25) is 0 Å². The molecule has 1 aliphatic carbocycles. The Balaban J connectivity index is 1.86. The monoisotopic (exact) mass is 283 g/mol. The van der Waals surface area contributed by atoms with E-state index in [0.717, 1.165) is 31.4 Å². The summed E-state index contributed by atoms with van der Waals surface area (Å²) < 4.78 is 42.5. The van der Waals surface area contributed by atoms with Crippen molar-refractivity contribution in [1.82, 2.24) is 10.1 Å². The Kier molecular flexibility index (Phi) is 2.82. The second kappa shape index (κ2) is 4.31. The Bertz CT molecular complexity index is 615. The predicted octanol–water partition coefficient (Wildman–Crippen LogP) is 3.09. The summed E-state index contributed by atoms with van der Waals surface area (Å²) in [6.07, 6.45) is -1.76. The Hall–Kier alpha value is -1.89. The van der Waals surface area contributed by atoms with Crippen LogP contribution in [0.15, 0.2) is 28.8 Å². The average Bonchev–Trinajstić information content (AvgIpc) is 2.85. The molecule has 7 heteroatoms. The first-order chi connectivity index (χ1) is 9.38. The molecule has 0 unspecified atom stereocenters. The van der Waals surface area contributed by atoms with Crippen LogP contribution in [0.4, 0.5) is 13.2 Å². The molecular formula is C13H12F3N3O. The zero-order chi connectivity index (χ0) is 14.4. The lowest BCUT2D eigenvalue weighted by atomic mass is 9.77. The Morgan fingerprint density at radius 3 is 2.30 bits per heavy atom. The molecule has 2 N–H and O–H groups in total. The van der Waals surface area contributed by atoms with Crippen molar-refractivity contribution in [2.24, 2.45) is 5.73 Å². The molecule has 0 amide bonds. The highest BCUT2D eigenvalue weighted by atomic mass is 19.4. The van der Waals surface area contributed by atoms with Crippen LogP contribution in [-0.4, -0.2) is 10.1 Å². The van der Waals surface area contributed by atoms with Crippen molar-refractivity contribution >= 4 is 0 Å². The minimum Gasteiger partial charge on any atom is -0.334 e. The fraction of sp³-hybridized carbons (Fsp3) is 0.385. The van der Waals surface area contributed by atoms with Crippen molar-refractivity contribution in [3.05, 3.63) is 35.7 Å². The van der Waals surface area contributed by atoms with E-state index >= 15 is 0 Å². The topological polar surface area (TPSA) is 64.9 Å². The third-order valence-electron chi connectivity index (χ3n) is 3.58. The van der Waals surface area contributed by atoms with Gasteiger partial charge in [-0.1, -0.05) is 5.16 Å². The number of alkyl halides is 3. The number of hydrogen-bond donors (Lipinski definition) is 1. The summed E-state index contributed by atoms with van der Waals surface area (Å²) in [6.45, 7) is 0. The largest absolute Gasteiger partial charge is 0.416 e. The van der Waals surface area contributed by atoms with Gasteiger partial charge in [-0.05, 0) is 43.5 Å². The van der Waals surface area contributed by atoms with Crippen molar-refractivity contribution in [2.75, 3.05) is 0 Å². The van der Waals surface area contributed by atoms with Crippen LogP contribution in [0, 0.1) is 0 Å². The van der Waals surface area contributed by atoms with Crippen LogP contribution in [0.2, 0.25) is 0 Å². The van der Waals surface area contributed by atoms with Crippen LogP contribution in [0.5, 0.6) is 0 Å². The average molecular weight is 283 g/mol. The number of halogens is 3. The van der Waals surface area contributed by atoms with Crippen LogP contribution in [0.3, 0.4) is 0 Å². The minimum absolute atomic E-state index is 0.186. The standard InChI is InChI=1S/C13H12F3N3O/c14-13(15,16)9-4-2-8(3-5-9)10-18-11(19-20-10)12(17)6-1-7-12/h2-5H,1,6-7,17H2. The number of aromatic nitrogens is 2. The lowest BCUT2D eigenvalue weighted by Gasteiger charge is -2.34. The lowest BCUT2D eigenvalue weighted by molar-refractivity contribution is -0.137. The molecule has 2 aromatic rings. The second-order valence-electron chi connectivity index (χ2n) is 5.01. The third kappa shape index (κ3) is 2.18. The van der Waals surface area contributed by atoms with Crippen LogP contribution in [0.25, 0.3) is 11.5 Å². The van der Waals surface area contributed by atoms with Gasteiger partial charge < -0.3 is 10.3 Å². The van der Waals surface area contributed by atoms with E-state index in [1.807, 2.05) is 0 Å². The highest BCUT2D eigenvalue weighted by Gasteiger charge is 2.39. The van der Waals surface area contributed by atoms with Gasteiger partial charge in [-0.15, -0.1) is 0 Å². The van der Waals surface area contributed by atoms with Gasteiger partial charge in [-0.2, -0.15) is 18.2 Å². The Labute approximate surface area is 112 Å². The van der Waals surface area contributed by atoms with Gasteiger partial charge in [0.25, 0.3) is 5.89 Å². The predicted molar refractivity (Wildman–Crippen MR) is 64.5 cm³/mol. The Morgan fingerprint density at radius 1 is 1.15 bits per heavy atom. The molecule has 1 saturated carbocycles. The molecule has 106 valence electrons. The fourth-order valence-corrected chi connectivity index (χ4v) is 2.13. The van der Waals surface area contributed by atoms with Crippen LogP contribution < -0.4 is 5.73 Å². The molecular weight excluding hydrogens is 271 g/mol. The van der Waals surface area contributed by atoms with Gasteiger partial charge in [0, 0.05) is 5.56 Å². The maximum Gasteiger partial charge on any atom is 0.416 e. The number of benzene rings is 1. The molecule has 4 nitrogen and oxygen atoms in total. The molecule has 0 bridgehead atoms. The van der Waals surface area contributed by atoms with Crippen molar-refractivity contribution < 1.29 is 17.7 Å². The zero-order valence-electron chi connectivity index (χ0n) is 10.4. The van der Waals surface area contributed by atoms with Crippen molar-refractivity contribution in [2.45, 2.75) is 31.0 Å². The summed E-state index contributed by atoms with van der Waals surface area (Å²) in [7, 11) is 0. The summed E-state index contributed by atoms with van der Waals surface area (Å²) in [6, 6.07) is 4.59. The molecule has 1 aliphatic rings. The first kappa shape index (κ1) is 13.1. The molecule has 1 aromatic heterocycles. The molecule has 1 heterocycles. The lowest BCUT2D eigenvalue weighted by Crippen LogP contribution is -2.44. The summed E-state index contributed by atoms with van der Waals surface area (Å²) in [5.41, 5.74) is 5.25. The van der Waals surface area contributed by atoms with Gasteiger partial charge in [-0.3, -0.25) is 0 Å². The summed E-state index contributed by atoms with van der Waals surface area (Å²) in [4.78, 5) is 4.18. The molecule has 0 radical (unpaired) electrons. The number of hydrogen-bond acceptors (Lipinski definition) is 4. The van der Waals surface area contributed by atoms with Gasteiger partial charge >= 0.3 is 6.18 Å².